The molecule has 0 spiro atoms. The van der Waals surface area contributed by atoms with Crippen LogP contribution < -0.4 is 10.0 Å². The predicted molar refractivity (Wildman–Crippen MR) is 113 cm³/mol. The first-order valence-corrected chi connectivity index (χ1v) is 9.64. The van der Waals surface area contributed by atoms with E-state index in [0.717, 1.165) is 17.1 Å². The monoisotopic (exact) mass is 402 g/mol. The lowest BCUT2D eigenvalue weighted by Gasteiger charge is -2.05. The van der Waals surface area contributed by atoms with E-state index in [9.17, 15) is 10.0 Å². The van der Waals surface area contributed by atoms with E-state index < -0.39 is 5.91 Å². The van der Waals surface area contributed by atoms with Crippen LogP contribution in [-0.2, 0) is 0 Å². The van der Waals surface area contributed by atoms with E-state index in [-0.39, 0.29) is 11.6 Å². The van der Waals surface area contributed by atoms with Crippen LogP contribution in [0.5, 0.6) is 0 Å². The molecule has 4 aromatic rings. The minimum Gasteiger partial charge on any atom is -0.710 e. The van der Waals surface area contributed by atoms with Gasteiger partial charge < -0.3 is 10.5 Å². The summed E-state index contributed by atoms with van der Waals surface area (Å²) < 4.78 is 2.27. The molecule has 0 fully saturated rings. The van der Waals surface area contributed by atoms with Crippen molar-refractivity contribution in [2.75, 3.05) is 5.32 Å². The zero-order valence-electron chi connectivity index (χ0n) is 17.0. The lowest BCUT2D eigenvalue weighted by Crippen LogP contribution is -2.34. The Morgan fingerprint density at radius 1 is 1.17 bits per heavy atom. The SMILES string of the molecule is Cc1c(C(=O)Nc2ccccc2)[n+]([O-])cn1-c1cccc(-c2n[nH]c(C(C)C)n2)c1. The molecule has 8 nitrogen and oxygen atoms in total. The molecule has 0 aliphatic heterocycles. The second-order valence-corrected chi connectivity index (χ2v) is 7.31. The molecule has 8 heteroatoms. The van der Waals surface area contributed by atoms with Crippen LogP contribution in [0.4, 0.5) is 5.69 Å². The average Bonchev–Trinajstić information content (AvgIpc) is 3.34. The van der Waals surface area contributed by atoms with Gasteiger partial charge in [0.25, 0.3) is 12.2 Å². The van der Waals surface area contributed by atoms with Crippen LogP contribution in [-0.4, -0.2) is 25.7 Å². The van der Waals surface area contributed by atoms with Gasteiger partial charge in [0, 0.05) is 24.1 Å². The van der Waals surface area contributed by atoms with E-state index in [4.69, 9.17) is 0 Å². The summed E-state index contributed by atoms with van der Waals surface area (Å²) in [4.78, 5) is 17.2. The number of benzene rings is 2. The number of carbonyl (C=O) groups excluding carboxylic acids is 1. The normalized spacial score (nSPS) is 11.1. The molecule has 30 heavy (non-hydrogen) atoms. The van der Waals surface area contributed by atoms with Crippen molar-refractivity contribution in [2.45, 2.75) is 26.7 Å². The van der Waals surface area contributed by atoms with Crippen LogP contribution in [0.25, 0.3) is 17.1 Å². The Labute approximate surface area is 173 Å². The fourth-order valence-electron chi connectivity index (χ4n) is 3.22. The third-order valence-electron chi connectivity index (χ3n) is 4.82. The number of nitrogens with zero attached hydrogens (tertiary/aromatic N) is 4. The minimum absolute atomic E-state index is 0.0456. The third kappa shape index (κ3) is 3.67. The molecule has 0 saturated carbocycles. The molecule has 0 atom stereocenters. The molecule has 0 aliphatic rings. The molecule has 2 heterocycles. The van der Waals surface area contributed by atoms with Crippen molar-refractivity contribution in [2.24, 2.45) is 0 Å². The summed E-state index contributed by atoms with van der Waals surface area (Å²) in [5.74, 6) is 1.18. The van der Waals surface area contributed by atoms with Crippen molar-refractivity contribution in [3.05, 3.63) is 83.3 Å². The molecule has 0 radical (unpaired) electrons. The van der Waals surface area contributed by atoms with E-state index in [2.05, 4.69) is 20.5 Å². The highest BCUT2D eigenvalue weighted by molar-refractivity contribution is 6.02. The van der Waals surface area contributed by atoms with Crippen LogP contribution >= 0.6 is 0 Å². The maximum atomic E-state index is 12.7. The molecule has 2 aromatic carbocycles. The summed E-state index contributed by atoms with van der Waals surface area (Å²) >= 11 is 0. The summed E-state index contributed by atoms with van der Waals surface area (Å²) in [5.41, 5.74) is 2.76. The van der Waals surface area contributed by atoms with Crippen LogP contribution in [0.3, 0.4) is 0 Å². The highest BCUT2D eigenvalue weighted by atomic mass is 16.5. The van der Waals surface area contributed by atoms with Crippen molar-refractivity contribution in [3.63, 3.8) is 0 Å². The third-order valence-corrected chi connectivity index (χ3v) is 4.82. The molecule has 0 saturated heterocycles. The molecular formula is C22H22N6O2. The fourth-order valence-corrected chi connectivity index (χ4v) is 3.22. The zero-order chi connectivity index (χ0) is 21.3. The number of H-pyrrole nitrogens is 1. The van der Waals surface area contributed by atoms with Crippen LogP contribution in [0.2, 0.25) is 0 Å². The van der Waals surface area contributed by atoms with Crippen LogP contribution in [0.1, 0.15) is 41.8 Å². The van der Waals surface area contributed by atoms with Gasteiger partial charge in [-0.3, -0.25) is 9.89 Å². The van der Waals surface area contributed by atoms with E-state index in [0.29, 0.717) is 21.9 Å². The van der Waals surface area contributed by atoms with Crippen molar-refractivity contribution in [3.8, 4) is 17.1 Å². The molecule has 0 bridgehead atoms. The van der Waals surface area contributed by atoms with Crippen LogP contribution in [0, 0.1) is 12.1 Å². The first-order valence-electron chi connectivity index (χ1n) is 9.64. The van der Waals surface area contributed by atoms with Gasteiger partial charge in [-0.1, -0.05) is 44.2 Å². The first-order chi connectivity index (χ1) is 14.4. The van der Waals surface area contributed by atoms with Gasteiger partial charge in [-0.05, 0) is 24.3 Å². The van der Waals surface area contributed by atoms with Gasteiger partial charge >= 0.3 is 0 Å². The van der Waals surface area contributed by atoms with Gasteiger partial charge in [0.05, 0.1) is 0 Å². The number of anilines is 1. The Morgan fingerprint density at radius 2 is 1.93 bits per heavy atom. The number of para-hydroxylation sites is 1. The minimum atomic E-state index is -0.459. The summed E-state index contributed by atoms with van der Waals surface area (Å²) in [6.07, 6.45) is 1.35. The van der Waals surface area contributed by atoms with Crippen LogP contribution in [0.15, 0.2) is 60.9 Å². The summed E-state index contributed by atoms with van der Waals surface area (Å²) in [5, 5.41) is 22.5. The molecule has 0 unspecified atom stereocenters. The molecule has 2 aromatic heterocycles. The Bertz CT molecular complexity index is 1190. The lowest BCUT2D eigenvalue weighted by atomic mass is 10.1. The van der Waals surface area contributed by atoms with Crippen molar-refractivity contribution < 1.29 is 9.52 Å². The number of aromatic nitrogens is 5. The number of amides is 1. The van der Waals surface area contributed by atoms with Gasteiger partial charge in [0.15, 0.2) is 11.5 Å². The van der Waals surface area contributed by atoms with Gasteiger partial charge in [-0.2, -0.15) is 9.67 Å². The largest absolute Gasteiger partial charge is 0.710 e. The smallest absolute Gasteiger partial charge is 0.300 e. The first kappa shape index (κ1) is 19.4. The Balaban J connectivity index is 1.66. The summed E-state index contributed by atoms with van der Waals surface area (Å²) in [6.45, 7) is 5.82. The second kappa shape index (κ2) is 7.82. The maximum absolute atomic E-state index is 12.7. The highest BCUT2D eigenvalue weighted by Gasteiger charge is 2.25. The highest BCUT2D eigenvalue weighted by Crippen LogP contribution is 2.22. The molecular weight excluding hydrogens is 380 g/mol. The number of aromatic amines is 1. The quantitative estimate of drug-likeness (QED) is 0.393. The number of hydrogen-bond donors (Lipinski definition) is 2. The number of nitrogens with one attached hydrogen (secondary N) is 2. The number of hydrogen-bond acceptors (Lipinski definition) is 4. The van der Waals surface area contributed by atoms with E-state index in [1.807, 2.05) is 56.3 Å². The maximum Gasteiger partial charge on any atom is 0.300 e. The van der Waals surface area contributed by atoms with E-state index in [1.54, 1.807) is 23.6 Å². The van der Waals surface area contributed by atoms with Crippen molar-refractivity contribution in [1.29, 1.82) is 0 Å². The number of imidazole rings is 1. The Kier molecular flexibility index (Phi) is 5.05. The Morgan fingerprint density at radius 3 is 2.63 bits per heavy atom. The molecule has 2 N–H and O–H groups in total. The summed E-state index contributed by atoms with van der Waals surface area (Å²) in [6, 6.07) is 16.6. The second-order valence-electron chi connectivity index (χ2n) is 7.31. The van der Waals surface area contributed by atoms with Gasteiger partial charge in [-0.25, -0.2) is 9.71 Å². The molecule has 152 valence electrons. The fraction of sp³-hybridized carbons (Fsp3) is 0.182. The number of carbonyl (C=O) groups is 1. The number of rotatable bonds is 5. The molecule has 1 amide bonds. The average molecular weight is 402 g/mol. The predicted octanol–water partition coefficient (Wildman–Crippen LogP) is 3.58. The van der Waals surface area contributed by atoms with E-state index in [1.165, 1.54) is 6.33 Å². The van der Waals surface area contributed by atoms with Gasteiger partial charge in [-0.15, -0.1) is 0 Å². The van der Waals surface area contributed by atoms with Gasteiger partial charge in [0.1, 0.15) is 11.5 Å². The van der Waals surface area contributed by atoms with Crippen molar-refractivity contribution >= 4 is 11.6 Å². The lowest BCUT2D eigenvalue weighted by molar-refractivity contribution is -0.606. The summed E-state index contributed by atoms with van der Waals surface area (Å²) in [7, 11) is 0. The molecule has 0 aliphatic carbocycles. The van der Waals surface area contributed by atoms with Gasteiger partial charge in [0.2, 0.25) is 5.69 Å². The topological polar surface area (TPSA) is 103 Å². The Hall–Kier alpha value is -3.94. The standard InChI is InChI=1S/C22H22N6O2/c1-14(2)20-24-21(26-25-20)16-8-7-11-18(12-16)27-13-28(30)19(15(27)3)22(29)23-17-9-5-4-6-10-17/h4-14H,1-3H3,(H,23,29)(H,24,25,26). The van der Waals surface area contributed by atoms with E-state index >= 15 is 0 Å². The molecule has 4 rings (SSSR count). The van der Waals surface area contributed by atoms with Crippen molar-refractivity contribution in [1.82, 2.24) is 19.7 Å². The zero-order valence-corrected chi connectivity index (χ0v) is 17.0.